The molecule has 2 heterocycles. The fraction of sp³-hybridized carbons (Fsp3) is 0.522. The van der Waals surface area contributed by atoms with E-state index in [4.69, 9.17) is 4.52 Å². The lowest BCUT2D eigenvalue weighted by Gasteiger charge is -2.26. The van der Waals surface area contributed by atoms with Crippen molar-refractivity contribution in [2.24, 2.45) is 4.99 Å². The van der Waals surface area contributed by atoms with Gasteiger partial charge in [-0.15, -0.1) is 24.0 Å². The minimum atomic E-state index is 0. The van der Waals surface area contributed by atoms with Crippen molar-refractivity contribution in [2.45, 2.75) is 59.0 Å². The van der Waals surface area contributed by atoms with E-state index in [-0.39, 0.29) is 29.9 Å². The first-order chi connectivity index (χ1) is 14.7. The lowest BCUT2D eigenvalue weighted by atomic mass is 10.1. The van der Waals surface area contributed by atoms with Crippen LogP contribution in [0.3, 0.4) is 0 Å². The molecule has 1 saturated heterocycles. The third-order valence-corrected chi connectivity index (χ3v) is 5.57. The van der Waals surface area contributed by atoms with E-state index in [1.54, 1.807) is 7.05 Å². The van der Waals surface area contributed by atoms with Gasteiger partial charge in [0.1, 0.15) is 5.76 Å². The van der Waals surface area contributed by atoms with Crippen LogP contribution in [-0.4, -0.2) is 42.1 Å². The second-order valence-electron chi connectivity index (χ2n) is 7.57. The van der Waals surface area contributed by atoms with Crippen LogP contribution in [-0.2, 0) is 25.9 Å². The SMILES string of the molecule is CCc1noc(CC)c1CNC(=NC)NCc1ccc(C(=O)N2CCCCC2)cc1.I. The summed E-state index contributed by atoms with van der Waals surface area (Å²) < 4.78 is 5.42. The predicted molar refractivity (Wildman–Crippen MR) is 134 cm³/mol. The van der Waals surface area contributed by atoms with Crippen molar-refractivity contribution in [1.29, 1.82) is 0 Å². The number of benzene rings is 1. The normalized spacial score (nSPS) is 14.2. The van der Waals surface area contributed by atoms with E-state index in [0.717, 1.165) is 66.9 Å². The summed E-state index contributed by atoms with van der Waals surface area (Å²) in [5, 5.41) is 10.8. The first-order valence-electron chi connectivity index (χ1n) is 10.9. The highest BCUT2D eigenvalue weighted by atomic mass is 127. The van der Waals surface area contributed by atoms with Gasteiger partial charge in [-0.3, -0.25) is 9.79 Å². The number of aromatic nitrogens is 1. The molecule has 31 heavy (non-hydrogen) atoms. The molecule has 170 valence electrons. The Morgan fingerprint density at radius 2 is 1.74 bits per heavy atom. The van der Waals surface area contributed by atoms with Gasteiger partial charge < -0.3 is 20.1 Å². The van der Waals surface area contributed by atoms with E-state index in [1.165, 1.54) is 6.42 Å². The summed E-state index contributed by atoms with van der Waals surface area (Å²) in [6.07, 6.45) is 5.09. The largest absolute Gasteiger partial charge is 0.361 e. The number of rotatable bonds is 7. The number of guanidine groups is 1. The van der Waals surface area contributed by atoms with Crippen LogP contribution in [0.5, 0.6) is 0 Å². The van der Waals surface area contributed by atoms with Crippen molar-refractivity contribution in [2.75, 3.05) is 20.1 Å². The van der Waals surface area contributed by atoms with Gasteiger partial charge in [-0.05, 0) is 43.4 Å². The number of carbonyl (C=O) groups is 1. The number of piperidine rings is 1. The summed E-state index contributed by atoms with van der Waals surface area (Å²) in [6.45, 7) is 7.14. The molecule has 0 spiro atoms. The molecule has 1 amide bonds. The number of nitrogens with one attached hydrogen (secondary N) is 2. The third-order valence-electron chi connectivity index (χ3n) is 5.57. The number of nitrogens with zero attached hydrogens (tertiary/aromatic N) is 3. The van der Waals surface area contributed by atoms with Crippen molar-refractivity contribution >= 4 is 35.8 Å². The molecule has 0 radical (unpaired) electrons. The van der Waals surface area contributed by atoms with E-state index in [1.807, 2.05) is 29.2 Å². The van der Waals surface area contributed by atoms with Gasteiger partial charge in [0.2, 0.25) is 0 Å². The molecule has 0 unspecified atom stereocenters. The average Bonchev–Trinajstić information content (AvgIpc) is 3.21. The molecule has 0 aliphatic carbocycles. The van der Waals surface area contributed by atoms with Gasteiger partial charge in [-0.1, -0.05) is 31.1 Å². The van der Waals surface area contributed by atoms with E-state index >= 15 is 0 Å². The topological polar surface area (TPSA) is 82.8 Å². The molecule has 0 bridgehead atoms. The highest BCUT2D eigenvalue weighted by Gasteiger charge is 2.18. The second kappa shape index (κ2) is 12.7. The van der Waals surface area contributed by atoms with Crippen molar-refractivity contribution in [1.82, 2.24) is 20.7 Å². The highest BCUT2D eigenvalue weighted by molar-refractivity contribution is 14.0. The quantitative estimate of drug-likeness (QED) is 0.317. The number of aryl methyl sites for hydroxylation is 2. The summed E-state index contributed by atoms with van der Waals surface area (Å²) in [6, 6.07) is 7.84. The molecule has 3 rings (SSSR count). The number of halogens is 1. The molecule has 0 saturated carbocycles. The average molecular weight is 539 g/mol. The predicted octanol–water partition coefficient (Wildman–Crippen LogP) is 3.91. The zero-order chi connectivity index (χ0) is 21.3. The molecule has 0 atom stereocenters. The van der Waals surface area contributed by atoms with Crippen molar-refractivity contribution in [3.05, 3.63) is 52.4 Å². The Balaban J connectivity index is 0.00000341. The lowest BCUT2D eigenvalue weighted by molar-refractivity contribution is 0.0724. The van der Waals surface area contributed by atoms with Gasteiger partial charge >= 0.3 is 0 Å². The molecular formula is C23H34IN5O2. The fourth-order valence-corrected chi connectivity index (χ4v) is 3.76. The van der Waals surface area contributed by atoms with Crippen molar-refractivity contribution in [3.63, 3.8) is 0 Å². The molecular weight excluding hydrogens is 505 g/mol. The molecule has 1 aliphatic heterocycles. The second-order valence-corrected chi connectivity index (χ2v) is 7.57. The summed E-state index contributed by atoms with van der Waals surface area (Å²) in [5.74, 6) is 1.77. The van der Waals surface area contributed by atoms with Crippen LogP contribution < -0.4 is 10.6 Å². The van der Waals surface area contributed by atoms with Crippen LogP contribution in [0.2, 0.25) is 0 Å². The number of carbonyl (C=O) groups excluding carboxylic acids is 1. The molecule has 2 N–H and O–H groups in total. The molecule has 1 fully saturated rings. The maximum Gasteiger partial charge on any atom is 0.253 e. The minimum Gasteiger partial charge on any atom is -0.361 e. The minimum absolute atomic E-state index is 0. The Bertz CT molecular complexity index is 836. The molecule has 8 heteroatoms. The molecule has 1 aliphatic rings. The summed E-state index contributed by atoms with van der Waals surface area (Å²) in [7, 11) is 1.75. The van der Waals surface area contributed by atoms with Gasteiger partial charge in [-0.25, -0.2) is 0 Å². The third kappa shape index (κ3) is 6.69. The molecule has 2 aromatic rings. The van der Waals surface area contributed by atoms with Gasteiger partial charge in [0.25, 0.3) is 5.91 Å². The van der Waals surface area contributed by atoms with Gasteiger partial charge in [0, 0.05) is 50.8 Å². The Morgan fingerprint density at radius 3 is 2.35 bits per heavy atom. The first-order valence-corrected chi connectivity index (χ1v) is 10.9. The Kier molecular flexibility index (Phi) is 10.3. The number of hydrogen-bond donors (Lipinski definition) is 2. The van der Waals surface area contributed by atoms with Crippen molar-refractivity contribution < 1.29 is 9.32 Å². The van der Waals surface area contributed by atoms with Crippen LogP contribution in [0.25, 0.3) is 0 Å². The van der Waals surface area contributed by atoms with Gasteiger partial charge in [0.05, 0.1) is 5.69 Å². The highest BCUT2D eigenvalue weighted by Crippen LogP contribution is 2.16. The Morgan fingerprint density at radius 1 is 1.06 bits per heavy atom. The smallest absolute Gasteiger partial charge is 0.253 e. The van der Waals surface area contributed by atoms with Crippen LogP contribution in [0.15, 0.2) is 33.8 Å². The maximum absolute atomic E-state index is 12.6. The number of aliphatic imine (C=N–C) groups is 1. The standard InChI is InChI=1S/C23H33N5O2.HI/c1-4-20-19(21(5-2)30-27-20)16-26-23(24-3)25-15-17-9-11-18(12-10-17)22(29)28-13-7-6-8-14-28;/h9-12H,4-8,13-16H2,1-3H3,(H2,24,25,26);1H. The number of amides is 1. The monoisotopic (exact) mass is 539 g/mol. The molecule has 1 aromatic carbocycles. The zero-order valence-electron chi connectivity index (χ0n) is 18.7. The van der Waals surface area contributed by atoms with E-state index < -0.39 is 0 Å². The number of likely N-dealkylation sites (tertiary alicyclic amines) is 1. The van der Waals surface area contributed by atoms with Crippen LogP contribution in [0.4, 0.5) is 0 Å². The van der Waals surface area contributed by atoms with E-state index in [0.29, 0.717) is 19.0 Å². The zero-order valence-corrected chi connectivity index (χ0v) is 21.1. The summed E-state index contributed by atoms with van der Waals surface area (Å²) in [4.78, 5) is 18.9. The fourth-order valence-electron chi connectivity index (χ4n) is 3.76. The van der Waals surface area contributed by atoms with Crippen LogP contribution in [0.1, 0.15) is 66.0 Å². The number of hydrogen-bond acceptors (Lipinski definition) is 4. The lowest BCUT2D eigenvalue weighted by Crippen LogP contribution is -2.36. The Labute approximate surface area is 202 Å². The first kappa shape index (κ1) is 25.2. The van der Waals surface area contributed by atoms with E-state index in [2.05, 4.69) is 34.6 Å². The molecule has 1 aromatic heterocycles. The maximum atomic E-state index is 12.6. The summed E-state index contributed by atoms with van der Waals surface area (Å²) >= 11 is 0. The van der Waals surface area contributed by atoms with Crippen LogP contribution in [0, 0.1) is 0 Å². The van der Waals surface area contributed by atoms with Gasteiger partial charge in [-0.2, -0.15) is 0 Å². The van der Waals surface area contributed by atoms with Crippen LogP contribution >= 0.6 is 24.0 Å². The van der Waals surface area contributed by atoms with Crippen molar-refractivity contribution in [3.8, 4) is 0 Å². The Hall–Kier alpha value is -2.10. The van der Waals surface area contributed by atoms with E-state index in [9.17, 15) is 4.79 Å². The van der Waals surface area contributed by atoms with Gasteiger partial charge in [0.15, 0.2) is 5.96 Å². The summed E-state index contributed by atoms with van der Waals surface area (Å²) in [5.41, 5.74) is 3.96. The molecule has 7 nitrogen and oxygen atoms in total.